The van der Waals surface area contributed by atoms with Crippen LogP contribution in [0.4, 0.5) is 5.69 Å². The summed E-state index contributed by atoms with van der Waals surface area (Å²) in [5.41, 5.74) is 4.22. The molecular weight excluding hydrogens is 358 g/mol. The summed E-state index contributed by atoms with van der Waals surface area (Å²) in [4.78, 5) is 2.13. The van der Waals surface area contributed by atoms with Gasteiger partial charge in [0, 0.05) is 25.1 Å². The summed E-state index contributed by atoms with van der Waals surface area (Å²) in [7, 11) is 7.03. The van der Waals surface area contributed by atoms with E-state index >= 15 is 0 Å². The Balaban J connectivity index is 1.84. The molecule has 1 atom stereocenters. The van der Waals surface area contributed by atoms with Crippen LogP contribution < -0.4 is 23.8 Å². The molecule has 0 N–H and O–H groups in total. The number of ether oxygens (including phenoxy) is 5. The molecule has 3 aromatic carbocycles. The van der Waals surface area contributed by atoms with Gasteiger partial charge in [-0.05, 0) is 35.2 Å². The molecule has 144 valence electrons. The molecule has 28 heavy (non-hydrogen) atoms. The molecule has 0 radical (unpaired) electrons. The predicted octanol–water partition coefficient (Wildman–Crippen LogP) is 4.35. The summed E-state index contributed by atoms with van der Waals surface area (Å²) in [6, 6.07) is 12.3. The van der Waals surface area contributed by atoms with E-state index in [4.69, 9.17) is 23.7 Å². The van der Waals surface area contributed by atoms with Gasteiger partial charge in [-0.1, -0.05) is 12.1 Å². The molecule has 6 nitrogen and oxygen atoms in total. The van der Waals surface area contributed by atoms with Crippen LogP contribution >= 0.6 is 0 Å². The number of nitrogens with zero attached hydrogens (tertiary/aromatic N) is 1. The Bertz CT molecular complexity index is 1090. The normalized spacial score (nSPS) is 16.7. The van der Waals surface area contributed by atoms with Gasteiger partial charge in [0.15, 0.2) is 29.2 Å². The molecule has 0 spiro atoms. The number of rotatable bonds is 3. The van der Waals surface area contributed by atoms with Crippen LogP contribution in [-0.4, -0.2) is 35.2 Å². The third kappa shape index (κ3) is 2.18. The Morgan fingerprint density at radius 3 is 2.39 bits per heavy atom. The van der Waals surface area contributed by atoms with Crippen molar-refractivity contribution in [1.29, 1.82) is 0 Å². The molecule has 2 heterocycles. The number of hydrogen-bond acceptors (Lipinski definition) is 6. The number of methoxy groups -OCH3 is 3. The van der Waals surface area contributed by atoms with Crippen molar-refractivity contribution in [1.82, 2.24) is 0 Å². The monoisotopic (exact) mass is 379 g/mol. The first-order valence-electron chi connectivity index (χ1n) is 9.05. The first-order chi connectivity index (χ1) is 13.7. The van der Waals surface area contributed by atoms with Crippen LogP contribution in [0.5, 0.6) is 23.0 Å². The highest BCUT2D eigenvalue weighted by molar-refractivity contribution is 6.05. The van der Waals surface area contributed by atoms with Gasteiger partial charge in [0.05, 0.1) is 25.5 Å². The van der Waals surface area contributed by atoms with Crippen LogP contribution in [-0.2, 0) is 4.74 Å². The lowest BCUT2D eigenvalue weighted by molar-refractivity contribution is 0.101. The molecule has 0 amide bonds. The SMILES string of the molecule is COc1ccc2c(c1OC)C(OC)N(C)c1c-2ccc2cc3c(cc12)OCO3. The molecule has 1 unspecified atom stereocenters. The fourth-order valence-corrected chi connectivity index (χ4v) is 4.31. The first kappa shape index (κ1) is 17.0. The molecule has 3 aromatic rings. The zero-order chi connectivity index (χ0) is 19.4. The molecule has 2 aliphatic heterocycles. The molecule has 6 heteroatoms. The van der Waals surface area contributed by atoms with Crippen LogP contribution in [0.1, 0.15) is 11.8 Å². The second-order valence-electron chi connectivity index (χ2n) is 6.85. The van der Waals surface area contributed by atoms with Crippen molar-refractivity contribution < 1.29 is 23.7 Å². The van der Waals surface area contributed by atoms with E-state index in [9.17, 15) is 0 Å². The number of fused-ring (bicyclic) bond motifs is 6. The van der Waals surface area contributed by atoms with Gasteiger partial charge in [0.25, 0.3) is 0 Å². The minimum absolute atomic E-state index is 0.254. The minimum atomic E-state index is -0.316. The van der Waals surface area contributed by atoms with Crippen molar-refractivity contribution in [3.63, 3.8) is 0 Å². The van der Waals surface area contributed by atoms with Gasteiger partial charge >= 0.3 is 0 Å². The van der Waals surface area contributed by atoms with E-state index < -0.39 is 0 Å². The van der Waals surface area contributed by atoms with Gasteiger partial charge in [-0.2, -0.15) is 0 Å². The molecule has 5 rings (SSSR count). The summed E-state index contributed by atoms with van der Waals surface area (Å²) in [6.07, 6.45) is -0.316. The third-order valence-corrected chi connectivity index (χ3v) is 5.53. The van der Waals surface area contributed by atoms with Crippen LogP contribution in [0, 0.1) is 0 Å². The molecular formula is C22H21NO5. The van der Waals surface area contributed by atoms with E-state index in [1.54, 1.807) is 21.3 Å². The van der Waals surface area contributed by atoms with Gasteiger partial charge in [-0.3, -0.25) is 0 Å². The van der Waals surface area contributed by atoms with Gasteiger partial charge < -0.3 is 28.6 Å². The average molecular weight is 379 g/mol. The van der Waals surface area contributed by atoms with Crippen LogP contribution in [0.2, 0.25) is 0 Å². The highest BCUT2D eigenvalue weighted by Crippen LogP contribution is 2.53. The van der Waals surface area contributed by atoms with Gasteiger partial charge in [-0.25, -0.2) is 0 Å². The Hall–Kier alpha value is -3.12. The maximum absolute atomic E-state index is 5.90. The summed E-state index contributed by atoms with van der Waals surface area (Å²) >= 11 is 0. The smallest absolute Gasteiger partial charge is 0.231 e. The molecule has 0 saturated carbocycles. The number of benzene rings is 3. The molecule has 0 bridgehead atoms. The van der Waals surface area contributed by atoms with Crippen LogP contribution in [0.25, 0.3) is 21.9 Å². The summed E-state index contributed by atoms with van der Waals surface area (Å²) in [5, 5.41) is 2.18. The lowest BCUT2D eigenvalue weighted by Gasteiger charge is -2.38. The fourth-order valence-electron chi connectivity index (χ4n) is 4.31. The van der Waals surface area contributed by atoms with Crippen molar-refractivity contribution in [3.8, 4) is 34.1 Å². The van der Waals surface area contributed by atoms with E-state index in [2.05, 4.69) is 23.1 Å². The lowest BCUT2D eigenvalue weighted by Crippen LogP contribution is -2.30. The highest BCUT2D eigenvalue weighted by atomic mass is 16.7. The van der Waals surface area contributed by atoms with Crippen molar-refractivity contribution >= 4 is 16.5 Å². The molecule has 0 fully saturated rings. The van der Waals surface area contributed by atoms with E-state index in [0.717, 1.165) is 44.6 Å². The summed E-state index contributed by atoms with van der Waals surface area (Å²) in [5.74, 6) is 2.92. The molecule has 0 saturated heterocycles. The quantitative estimate of drug-likeness (QED) is 0.674. The maximum atomic E-state index is 5.90. The Labute approximate surface area is 163 Å². The van der Waals surface area contributed by atoms with Crippen molar-refractivity contribution in [2.75, 3.05) is 40.1 Å². The molecule has 2 aliphatic rings. The van der Waals surface area contributed by atoms with E-state index in [0.29, 0.717) is 11.5 Å². The highest BCUT2D eigenvalue weighted by Gasteiger charge is 2.34. The Kier molecular flexibility index (Phi) is 3.77. The third-order valence-electron chi connectivity index (χ3n) is 5.53. The zero-order valence-corrected chi connectivity index (χ0v) is 16.2. The fraction of sp³-hybridized carbons (Fsp3) is 0.273. The Morgan fingerprint density at radius 2 is 1.68 bits per heavy atom. The van der Waals surface area contributed by atoms with Crippen molar-refractivity contribution in [2.24, 2.45) is 0 Å². The maximum Gasteiger partial charge on any atom is 0.231 e. The number of anilines is 1. The summed E-state index contributed by atoms with van der Waals surface area (Å²) < 4.78 is 28.3. The number of hydrogen-bond donors (Lipinski definition) is 0. The van der Waals surface area contributed by atoms with Crippen molar-refractivity contribution in [3.05, 3.63) is 42.0 Å². The van der Waals surface area contributed by atoms with E-state index in [1.807, 2.05) is 25.2 Å². The first-order valence-corrected chi connectivity index (χ1v) is 9.05. The van der Waals surface area contributed by atoms with Crippen LogP contribution in [0.3, 0.4) is 0 Å². The molecule has 0 aliphatic carbocycles. The van der Waals surface area contributed by atoms with E-state index in [-0.39, 0.29) is 13.0 Å². The van der Waals surface area contributed by atoms with Gasteiger partial charge in [-0.15, -0.1) is 0 Å². The minimum Gasteiger partial charge on any atom is -0.493 e. The van der Waals surface area contributed by atoms with E-state index in [1.165, 1.54) is 0 Å². The second kappa shape index (κ2) is 6.21. The Morgan fingerprint density at radius 1 is 0.929 bits per heavy atom. The molecule has 0 aromatic heterocycles. The summed E-state index contributed by atoms with van der Waals surface area (Å²) in [6.45, 7) is 0.254. The average Bonchev–Trinajstić information content (AvgIpc) is 3.18. The van der Waals surface area contributed by atoms with Crippen LogP contribution in [0.15, 0.2) is 36.4 Å². The lowest BCUT2D eigenvalue weighted by atomic mass is 9.88. The van der Waals surface area contributed by atoms with Crippen molar-refractivity contribution in [2.45, 2.75) is 6.23 Å². The predicted molar refractivity (Wildman–Crippen MR) is 107 cm³/mol. The largest absolute Gasteiger partial charge is 0.493 e. The zero-order valence-electron chi connectivity index (χ0n) is 16.2. The van der Waals surface area contributed by atoms with Gasteiger partial charge in [0.1, 0.15) is 0 Å². The standard InChI is InChI=1S/C22H21NO5/c1-23-20-14(6-5-12-9-17-18(10-15(12)20)28-11-27-17)13-7-8-16(24-2)21(25-3)19(13)22(23)26-4/h5-10,22H,11H2,1-4H3. The van der Waals surface area contributed by atoms with Gasteiger partial charge in [0.2, 0.25) is 6.79 Å². The second-order valence-corrected chi connectivity index (χ2v) is 6.85. The topological polar surface area (TPSA) is 49.4 Å².